The molecule has 0 aliphatic carbocycles. The molecule has 0 spiro atoms. The van der Waals surface area contributed by atoms with Gasteiger partial charge in [0, 0.05) is 19.2 Å². The van der Waals surface area contributed by atoms with Crippen molar-refractivity contribution in [2.45, 2.75) is 6.42 Å². The van der Waals surface area contributed by atoms with Crippen LogP contribution in [-0.2, 0) is 0 Å². The maximum absolute atomic E-state index is 11.0. The van der Waals surface area contributed by atoms with E-state index < -0.39 is 11.5 Å². The molecule has 14 heavy (non-hydrogen) atoms. The zero-order valence-electron chi connectivity index (χ0n) is 7.36. The number of nitrogens with one attached hydrogen (secondary N) is 1. The lowest BCUT2D eigenvalue weighted by atomic mass is 10.2. The number of H-pyrrole nitrogens is 1. The molecular weight excluding hydrogens is 186 g/mol. The van der Waals surface area contributed by atoms with Gasteiger partial charge < -0.3 is 10.0 Å². The van der Waals surface area contributed by atoms with Crippen LogP contribution in [0, 0.1) is 0 Å². The molecule has 0 atom stereocenters. The number of rotatable bonds is 2. The van der Waals surface area contributed by atoms with Crippen molar-refractivity contribution in [2.24, 2.45) is 0 Å². The number of nitrogens with zero attached hydrogens (tertiary/aromatic N) is 2. The fraction of sp³-hybridized carbons (Fsp3) is 0.375. The molecule has 0 radical (unpaired) electrons. The van der Waals surface area contributed by atoms with Gasteiger partial charge in [-0.15, -0.1) is 0 Å². The molecule has 74 valence electrons. The molecule has 1 aliphatic rings. The highest BCUT2D eigenvalue weighted by atomic mass is 16.4. The lowest BCUT2D eigenvalue weighted by Gasteiger charge is -2.31. The van der Waals surface area contributed by atoms with Crippen molar-refractivity contribution in [2.75, 3.05) is 18.0 Å². The maximum Gasteiger partial charge on any atom is 0.341 e. The highest BCUT2D eigenvalue weighted by Gasteiger charge is 2.18. The van der Waals surface area contributed by atoms with Gasteiger partial charge in [0.15, 0.2) is 0 Å². The molecule has 0 amide bonds. The minimum absolute atomic E-state index is 0.262. The van der Waals surface area contributed by atoms with Crippen LogP contribution in [0.3, 0.4) is 0 Å². The standard InChI is InChI=1S/C8H9N3O3/c12-7-5(8(13)14)4-6(9-10-7)11-2-1-3-11/h4H,1-3H2,(H,10,12)(H,13,14). The van der Waals surface area contributed by atoms with Crippen LogP contribution in [0.2, 0.25) is 0 Å². The number of aromatic nitrogens is 2. The van der Waals surface area contributed by atoms with Crippen LogP contribution in [0.15, 0.2) is 10.9 Å². The Morgan fingerprint density at radius 1 is 1.57 bits per heavy atom. The van der Waals surface area contributed by atoms with Crippen molar-refractivity contribution in [3.05, 3.63) is 22.0 Å². The third-order valence-electron chi connectivity index (χ3n) is 2.20. The fourth-order valence-corrected chi connectivity index (χ4v) is 1.26. The summed E-state index contributed by atoms with van der Waals surface area (Å²) in [6.07, 6.45) is 1.07. The predicted octanol–water partition coefficient (Wildman–Crippen LogP) is -0.322. The first-order valence-electron chi connectivity index (χ1n) is 4.26. The number of aromatic amines is 1. The van der Waals surface area contributed by atoms with E-state index in [1.165, 1.54) is 6.07 Å². The Kier molecular flexibility index (Phi) is 1.95. The second-order valence-electron chi connectivity index (χ2n) is 3.11. The SMILES string of the molecule is O=C(O)c1cc(N2CCC2)n[nH]c1=O. The summed E-state index contributed by atoms with van der Waals surface area (Å²) in [6.45, 7) is 1.72. The summed E-state index contributed by atoms with van der Waals surface area (Å²) in [5.41, 5.74) is -0.927. The molecule has 6 heteroatoms. The first-order valence-corrected chi connectivity index (χ1v) is 4.26. The third kappa shape index (κ3) is 1.34. The van der Waals surface area contributed by atoms with Crippen LogP contribution in [0.4, 0.5) is 5.82 Å². The topological polar surface area (TPSA) is 86.3 Å². The first kappa shape index (κ1) is 8.74. The molecule has 1 aromatic heterocycles. The minimum atomic E-state index is -1.23. The van der Waals surface area contributed by atoms with Crippen molar-refractivity contribution >= 4 is 11.8 Å². The zero-order chi connectivity index (χ0) is 10.1. The Morgan fingerprint density at radius 3 is 2.79 bits per heavy atom. The minimum Gasteiger partial charge on any atom is -0.477 e. The quantitative estimate of drug-likeness (QED) is 0.675. The van der Waals surface area contributed by atoms with Crippen LogP contribution >= 0.6 is 0 Å². The molecule has 0 saturated carbocycles. The van der Waals surface area contributed by atoms with Crippen molar-refractivity contribution in [3.63, 3.8) is 0 Å². The molecule has 1 fully saturated rings. The van der Waals surface area contributed by atoms with E-state index in [0.29, 0.717) is 5.82 Å². The summed E-state index contributed by atoms with van der Waals surface area (Å²) in [5, 5.41) is 14.6. The van der Waals surface area contributed by atoms with E-state index in [1.807, 2.05) is 4.90 Å². The third-order valence-corrected chi connectivity index (χ3v) is 2.20. The summed E-state index contributed by atoms with van der Waals surface area (Å²) < 4.78 is 0. The van der Waals surface area contributed by atoms with Gasteiger partial charge >= 0.3 is 5.97 Å². The van der Waals surface area contributed by atoms with Crippen LogP contribution in [0.25, 0.3) is 0 Å². The van der Waals surface area contributed by atoms with Gasteiger partial charge in [0.2, 0.25) is 0 Å². The highest BCUT2D eigenvalue weighted by molar-refractivity contribution is 5.87. The van der Waals surface area contributed by atoms with E-state index in [1.54, 1.807) is 0 Å². The van der Waals surface area contributed by atoms with E-state index in [2.05, 4.69) is 10.2 Å². The Morgan fingerprint density at radius 2 is 2.29 bits per heavy atom. The van der Waals surface area contributed by atoms with Crippen LogP contribution in [-0.4, -0.2) is 34.4 Å². The van der Waals surface area contributed by atoms with Gasteiger partial charge in [-0.3, -0.25) is 4.79 Å². The molecule has 1 saturated heterocycles. The van der Waals surface area contributed by atoms with Crippen molar-refractivity contribution in [3.8, 4) is 0 Å². The number of carboxylic acids is 1. The lowest BCUT2D eigenvalue weighted by molar-refractivity contribution is 0.0694. The van der Waals surface area contributed by atoms with Crippen molar-refractivity contribution in [1.29, 1.82) is 0 Å². The molecule has 2 heterocycles. The van der Waals surface area contributed by atoms with Gasteiger partial charge in [-0.25, -0.2) is 9.89 Å². The van der Waals surface area contributed by atoms with E-state index in [-0.39, 0.29) is 5.56 Å². The molecule has 0 aromatic carbocycles. The molecular formula is C8H9N3O3. The second kappa shape index (κ2) is 3.13. The largest absolute Gasteiger partial charge is 0.477 e. The smallest absolute Gasteiger partial charge is 0.341 e. The summed E-state index contributed by atoms with van der Waals surface area (Å²) in [4.78, 5) is 23.6. The number of carbonyl (C=O) groups is 1. The van der Waals surface area contributed by atoms with E-state index >= 15 is 0 Å². The maximum atomic E-state index is 11.0. The predicted molar refractivity (Wildman–Crippen MR) is 48.6 cm³/mol. The number of hydrogen-bond donors (Lipinski definition) is 2. The number of hydrogen-bond acceptors (Lipinski definition) is 4. The average molecular weight is 195 g/mol. The number of anilines is 1. The van der Waals surface area contributed by atoms with Crippen LogP contribution in [0.1, 0.15) is 16.8 Å². The summed E-state index contributed by atoms with van der Waals surface area (Å²) in [7, 11) is 0. The normalized spacial score (nSPS) is 15.0. The van der Waals surface area contributed by atoms with E-state index in [9.17, 15) is 9.59 Å². The molecule has 1 aliphatic heterocycles. The van der Waals surface area contributed by atoms with Gasteiger partial charge in [-0.05, 0) is 6.42 Å². The Labute approximate surface area is 79.2 Å². The number of aromatic carboxylic acids is 1. The molecule has 0 unspecified atom stereocenters. The molecule has 2 N–H and O–H groups in total. The first-order chi connectivity index (χ1) is 6.68. The Balaban J connectivity index is 2.40. The zero-order valence-corrected chi connectivity index (χ0v) is 7.36. The Hall–Kier alpha value is -1.85. The highest BCUT2D eigenvalue weighted by Crippen LogP contribution is 2.16. The van der Waals surface area contributed by atoms with Gasteiger partial charge in [0.05, 0.1) is 0 Å². The number of carboxylic acid groups (broad SMARTS) is 1. The molecule has 2 rings (SSSR count). The van der Waals surface area contributed by atoms with Crippen molar-refractivity contribution < 1.29 is 9.90 Å². The van der Waals surface area contributed by atoms with Gasteiger partial charge in [0.1, 0.15) is 11.4 Å². The fourth-order valence-electron chi connectivity index (χ4n) is 1.26. The van der Waals surface area contributed by atoms with Gasteiger partial charge in [-0.1, -0.05) is 0 Å². The van der Waals surface area contributed by atoms with Crippen LogP contribution < -0.4 is 10.5 Å². The van der Waals surface area contributed by atoms with Crippen LogP contribution in [0.5, 0.6) is 0 Å². The summed E-state index contributed by atoms with van der Waals surface area (Å²) in [5.74, 6) is -0.705. The lowest BCUT2D eigenvalue weighted by Crippen LogP contribution is -2.38. The molecule has 6 nitrogen and oxygen atoms in total. The Bertz CT molecular complexity index is 422. The average Bonchev–Trinajstić information content (AvgIpc) is 2.04. The van der Waals surface area contributed by atoms with Crippen molar-refractivity contribution in [1.82, 2.24) is 10.2 Å². The van der Waals surface area contributed by atoms with Gasteiger partial charge in [0.25, 0.3) is 5.56 Å². The second-order valence-corrected chi connectivity index (χ2v) is 3.11. The molecule has 0 bridgehead atoms. The monoisotopic (exact) mass is 195 g/mol. The van der Waals surface area contributed by atoms with E-state index in [0.717, 1.165) is 19.5 Å². The summed E-state index contributed by atoms with van der Waals surface area (Å²) >= 11 is 0. The molecule has 1 aromatic rings. The summed E-state index contributed by atoms with van der Waals surface area (Å²) in [6, 6.07) is 1.31. The van der Waals surface area contributed by atoms with Gasteiger partial charge in [-0.2, -0.15) is 5.10 Å². The van der Waals surface area contributed by atoms with E-state index in [4.69, 9.17) is 5.11 Å².